The monoisotopic (exact) mass is 150 g/mol. The van der Waals surface area contributed by atoms with Crippen molar-refractivity contribution >= 4 is 0 Å². The van der Waals surface area contributed by atoms with Gasteiger partial charge in [-0.25, -0.2) is 0 Å². The van der Waals surface area contributed by atoms with E-state index < -0.39 is 0 Å². The maximum absolute atomic E-state index is 9.63. The van der Waals surface area contributed by atoms with Crippen LogP contribution in [0.1, 0.15) is 19.3 Å². The average Bonchev–Trinajstić information content (AvgIpc) is 2.60. The van der Waals surface area contributed by atoms with E-state index in [9.17, 15) is 5.11 Å². The van der Waals surface area contributed by atoms with Crippen molar-refractivity contribution in [3.05, 3.63) is 12.2 Å². The molecule has 1 N–H and O–H groups in total. The standard InChI is InChI=1S/C10H14O/c11-9-4-3-8-6-1-2-7(5-6)10(8)9/h3-4,6-11H,1-2,5H2/t6?,7?,8?,9-,10?/m0/s1. The summed E-state index contributed by atoms with van der Waals surface area (Å²) in [5, 5.41) is 9.63. The molecule has 0 amide bonds. The number of hydrogen-bond acceptors (Lipinski definition) is 1. The Morgan fingerprint density at radius 2 is 1.91 bits per heavy atom. The number of fused-ring (bicyclic) bond motifs is 5. The van der Waals surface area contributed by atoms with Crippen LogP contribution in [-0.4, -0.2) is 11.2 Å². The first-order chi connectivity index (χ1) is 5.36. The Morgan fingerprint density at radius 3 is 2.73 bits per heavy atom. The van der Waals surface area contributed by atoms with Crippen molar-refractivity contribution in [3.63, 3.8) is 0 Å². The highest BCUT2D eigenvalue weighted by Crippen LogP contribution is 2.56. The maximum atomic E-state index is 9.63. The summed E-state index contributed by atoms with van der Waals surface area (Å²) in [5.74, 6) is 3.16. The van der Waals surface area contributed by atoms with E-state index in [0.717, 1.165) is 17.8 Å². The van der Waals surface area contributed by atoms with E-state index >= 15 is 0 Å². The highest BCUT2D eigenvalue weighted by atomic mass is 16.3. The molecule has 0 heterocycles. The van der Waals surface area contributed by atoms with Crippen LogP contribution in [0.4, 0.5) is 0 Å². The fourth-order valence-electron chi connectivity index (χ4n) is 3.54. The molecule has 0 aromatic heterocycles. The molecule has 2 saturated carbocycles. The molecule has 1 heteroatoms. The summed E-state index contributed by atoms with van der Waals surface area (Å²) in [6, 6.07) is 0. The zero-order valence-electron chi connectivity index (χ0n) is 6.61. The molecular weight excluding hydrogens is 136 g/mol. The zero-order chi connectivity index (χ0) is 7.42. The Kier molecular flexibility index (Phi) is 1.07. The first-order valence-corrected chi connectivity index (χ1v) is 4.72. The summed E-state index contributed by atoms with van der Waals surface area (Å²) in [6.45, 7) is 0. The smallest absolute Gasteiger partial charge is 0.0757 e. The van der Waals surface area contributed by atoms with Crippen LogP contribution in [0.15, 0.2) is 12.2 Å². The van der Waals surface area contributed by atoms with Crippen LogP contribution in [-0.2, 0) is 0 Å². The lowest BCUT2D eigenvalue weighted by Gasteiger charge is -2.26. The van der Waals surface area contributed by atoms with Crippen LogP contribution in [0.25, 0.3) is 0 Å². The summed E-state index contributed by atoms with van der Waals surface area (Å²) in [7, 11) is 0. The van der Waals surface area contributed by atoms with Crippen LogP contribution >= 0.6 is 0 Å². The van der Waals surface area contributed by atoms with Crippen molar-refractivity contribution in [2.45, 2.75) is 25.4 Å². The van der Waals surface area contributed by atoms with Crippen LogP contribution in [0.5, 0.6) is 0 Å². The topological polar surface area (TPSA) is 20.2 Å². The van der Waals surface area contributed by atoms with Gasteiger partial charge in [0.2, 0.25) is 0 Å². The summed E-state index contributed by atoms with van der Waals surface area (Å²) in [4.78, 5) is 0. The van der Waals surface area contributed by atoms with E-state index in [-0.39, 0.29) is 6.10 Å². The lowest BCUT2D eigenvalue weighted by molar-refractivity contribution is 0.105. The third-order valence-electron chi connectivity index (χ3n) is 3.97. The number of hydrogen-bond donors (Lipinski definition) is 1. The molecule has 3 aliphatic rings. The van der Waals surface area contributed by atoms with Crippen molar-refractivity contribution in [1.82, 2.24) is 0 Å². The molecular formula is C10H14O. The van der Waals surface area contributed by atoms with E-state index in [2.05, 4.69) is 6.08 Å². The molecule has 2 bridgehead atoms. The van der Waals surface area contributed by atoms with Gasteiger partial charge >= 0.3 is 0 Å². The third-order valence-corrected chi connectivity index (χ3v) is 3.97. The molecule has 1 nitrogen and oxygen atoms in total. The molecule has 4 unspecified atom stereocenters. The molecule has 0 aliphatic heterocycles. The molecule has 3 rings (SSSR count). The fourth-order valence-corrected chi connectivity index (χ4v) is 3.54. The molecule has 11 heavy (non-hydrogen) atoms. The number of allylic oxidation sites excluding steroid dienone is 1. The van der Waals surface area contributed by atoms with Gasteiger partial charge in [-0.15, -0.1) is 0 Å². The minimum absolute atomic E-state index is 0.102. The zero-order valence-corrected chi connectivity index (χ0v) is 6.61. The molecule has 0 radical (unpaired) electrons. The van der Waals surface area contributed by atoms with Crippen molar-refractivity contribution < 1.29 is 5.11 Å². The predicted octanol–water partition coefficient (Wildman–Crippen LogP) is 1.58. The first-order valence-electron chi connectivity index (χ1n) is 4.72. The van der Waals surface area contributed by atoms with Gasteiger partial charge in [0.15, 0.2) is 0 Å². The van der Waals surface area contributed by atoms with Gasteiger partial charge in [0.25, 0.3) is 0 Å². The van der Waals surface area contributed by atoms with E-state index in [0.29, 0.717) is 5.92 Å². The third kappa shape index (κ3) is 0.652. The minimum atomic E-state index is -0.102. The lowest BCUT2D eigenvalue weighted by atomic mass is 9.80. The van der Waals surface area contributed by atoms with Crippen molar-refractivity contribution in [1.29, 1.82) is 0 Å². The van der Waals surface area contributed by atoms with Gasteiger partial charge in [-0.1, -0.05) is 12.2 Å². The average molecular weight is 150 g/mol. The van der Waals surface area contributed by atoms with E-state index in [1.807, 2.05) is 6.08 Å². The molecule has 3 aliphatic carbocycles. The molecule has 0 saturated heterocycles. The second-order valence-corrected chi connectivity index (χ2v) is 4.36. The molecule has 60 valence electrons. The van der Waals surface area contributed by atoms with Gasteiger partial charge in [0.1, 0.15) is 0 Å². The van der Waals surface area contributed by atoms with E-state index in [1.165, 1.54) is 19.3 Å². The van der Waals surface area contributed by atoms with Crippen molar-refractivity contribution in [2.75, 3.05) is 0 Å². The van der Waals surface area contributed by atoms with Crippen LogP contribution in [0, 0.1) is 23.7 Å². The first kappa shape index (κ1) is 6.24. The maximum Gasteiger partial charge on any atom is 0.0757 e. The van der Waals surface area contributed by atoms with Gasteiger partial charge in [-0.3, -0.25) is 0 Å². The highest BCUT2D eigenvalue weighted by Gasteiger charge is 2.50. The largest absolute Gasteiger partial charge is 0.389 e. The number of aliphatic hydroxyl groups is 1. The van der Waals surface area contributed by atoms with E-state index in [1.54, 1.807) is 0 Å². The fraction of sp³-hybridized carbons (Fsp3) is 0.800. The summed E-state index contributed by atoms with van der Waals surface area (Å²) < 4.78 is 0. The van der Waals surface area contributed by atoms with Gasteiger partial charge in [-0.2, -0.15) is 0 Å². The second kappa shape index (κ2) is 1.89. The van der Waals surface area contributed by atoms with Gasteiger partial charge in [-0.05, 0) is 42.9 Å². The Balaban J connectivity index is 1.96. The van der Waals surface area contributed by atoms with Crippen LogP contribution < -0.4 is 0 Å². The molecule has 0 aromatic carbocycles. The lowest BCUT2D eigenvalue weighted by Crippen LogP contribution is -2.25. The Morgan fingerprint density at radius 1 is 1.09 bits per heavy atom. The van der Waals surface area contributed by atoms with Crippen LogP contribution in [0.2, 0.25) is 0 Å². The summed E-state index contributed by atoms with van der Waals surface area (Å²) >= 11 is 0. The normalized spacial score (nSPS) is 58.8. The number of aliphatic hydroxyl groups excluding tert-OH is 1. The van der Waals surface area contributed by atoms with Crippen LogP contribution in [0.3, 0.4) is 0 Å². The van der Waals surface area contributed by atoms with Crippen molar-refractivity contribution in [3.8, 4) is 0 Å². The molecule has 2 fully saturated rings. The van der Waals surface area contributed by atoms with Gasteiger partial charge < -0.3 is 5.11 Å². The summed E-state index contributed by atoms with van der Waals surface area (Å²) in [6.07, 6.45) is 8.37. The Hall–Kier alpha value is -0.300. The SMILES string of the molecule is O[C@H]1C=CC2C3CCC(C3)C21. The minimum Gasteiger partial charge on any atom is -0.389 e. The number of rotatable bonds is 0. The van der Waals surface area contributed by atoms with Gasteiger partial charge in [0, 0.05) is 0 Å². The van der Waals surface area contributed by atoms with E-state index in [4.69, 9.17) is 0 Å². The second-order valence-electron chi connectivity index (χ2n) is 4.36. The highest BCUT2D eigenvalue weighted by molar-refractivity contribution is 5.16. The Bertz CT molecular complexity index is 209. The predicted molar refractivity (Wildman–Crippen MR) is 43.0 cm³/mol. The quantitative estimate of drug-likeness (QED) is 0.520. The molecule has 0 spiro atoms. The van der Waals surface area contributed by atoms with Gasteiger partial charge in [0.05, 0.1) is 6.10 Å². The van der Waals surface area contributed by atoms with Crippen molar-refractivity contribution in [2.24, 2.45) is 23.7 Å². The summed E-state index contributed by atoms with van der Waals surface area (Å²) in [5.41, 5.74) is 0. The molecule has 5 atom stereocenters. The molecule has 0 aromatic rings. The Labute approximate surface area is 67.1 Å².